The number of nitrogens with zero attached hydrogens (tertiary/aromatic N) is 5. The number of hydrogen-bond donors (Lipinski definition) is 0. The Morgan fingerprint density at radius 2 is 2.00 bits per heavy atom. The molecule has 0 aliphatic carbocycles. The van der Waals surface area contributed by atoms with Crippen molar-refractivity contribution in [1.29, 1.82) is 0 Å². The predicted octanol–water partition coefficient (Wildman–Crippen LogP) is 1.95. The second kappa shape index (κ2) is 7.71. The zero-order valence-electron chi connectivity index (χ0n) is 16.9. The summed E-state index contributed by atoms with van der Waals surface area (Å²) in [6.07, 6.45) is 1.32. The van der Waals surface area contributed by atoms with E-state index in [1.165, 1.54) is 21.1 Å². The maximum absolute atomic E-state index is 13.3. The van der Waals surface area contributed by atoms with Gasteiger partial charge in [0.15, 0.2) is 0 Å². The number of piperidine rings is 1. The van der Waals surface area contributed by atoms with E-state index < -0.39 is 14.9 Å². The minimum atomic E-state index is -3.92. The van der Waals surface area contributed by atoms with Crippen molar-refractivity contribution >= 4 is 15.7 Å². The quantitative estimate of drug-likeness (QED) is 0.535. The van der Waals surface area contributed by atoms with Crippen LogP contribution in [0.25, 0.3) is 0 Å². The van der Waals surface area contributed by atoms with Gasteiger partial charge in [0.05, 0.1) is 9.82 Å². The average molecular weight is 423 g/mol. The molecule has 10 nitrogen and oxygen atoms in total. The second-order valence-electron chi connectivity index (χ2n) is 7.64. The van der Waals surface area contributed by atoms with E-state index >= 15 is 0 Å². The second-order valence-corrected chi connectivity index (χ2v) is 9.54. The average Bonchev–Trinajstić information content (AvgIpc) is 2.97. The first-order valence-electron chi connectivity index (χ1n) is 9.44. The van der Waals surface area contributed by atoms with Crippen LogP contribution in [0.1, 0.15) is 50.0 Å². The van der Waals surface area contributed by atoms with Crippen LogP contribution in [0.4, 0.5) is 5.69 Å². The first-order chi connectivity index (χ1) is 13.5. The molecule has 0 spiro atoms. The lowest BCUT2D eigenvalue weighted by Gasteiger charge is -2.32. The molecular weight excluding hydrogens is 398 g/mol. The van der Waals surface area contributed by atoms with Crippen molar-refractivity contribution < 1.29 is 13.3 Å². The third-order valence-corrected chi connectivity index (χ3v) is 7.26. The molecule has 1 aliphatic rings. The van der Waals surface area contributed by atoms with Crippen LogP contribution in [0.5, 0.6) is 0 Å². The minimum absolute atomic E-state index is 0.0605. The van der Waals surface area contributed by atoms with Crippen LogP contribution in [-0.4, -0.2) is 45.1 Å². The van der Waals surface area contributed by atoms with Crippen molar-refractivity contribution in [1.82, 2.24) is 18.7 Å². The van der Waals surface area contributed by atoms with Gasteiger partial charge in [0.2, 0.25) is 10.0 Å². The van der Waals surface area contributed by atoms with Gasteiger partial charge in [0, 0.05) is 44.2 Å². The topological polar surface area (TPSA) is 120 Å². The molecule has 1 aliphatic heterocycles. The van der Waals surface area contributed by atoms with Gasteiger partial charge in [0.25, 0.3) is 5.69 Å². The number of non-ortho nitro benzene ring substituents is 1. The third kappa shape index (κ3) is 3.84. The normalized spacial score (nSPS) is 18.3. The Morgan fingerprint density at radius 3 is 2.62 bits per heavy atom. The van der Waals surface area contributed by atoms with E-state index in [1.54, 1.807) is 18.5 Å². The third-order valence-electron chi connectivity index (χ3n) is 5.25. The monoisotopic (exact) mass is 423 g/mol. The Hall–Kier alpha value is -2.53. The lowest BCUT2D eigenvalue weighted by atomic mass is 9.98. The number of aromatic nitrogens is 3. The fraction of sp³-hybridized carbons (Fsp3) is 0.556. The molecule has 11 heteroatoms. The molecule has 0 saturated carbocycles. The summed E-state index contributed by atoms with van der Waals surface area (Å²) in [4.78, 5) is 22.8. The molecule has 2 aromatic rings. The number of aryl methyl sites for hydroxylation is 2. The fourth-order valence-electron chi connectivity index (χ4n) is 3.75. The molecule has 2 heterocycles. The molecule has 1 unspecified atom stereocenters. The van der Waals surface area contributed by atoms with Gasteiger partial charge in [0.1, 0.15) is 5.82 Å². The summed E-state index contributed by atoms with van der Waals surface area (Å²) < 4.78 is 30.7. The Bertz CT molecular complexity index is 1100. The van der Waals surface area contributed by atoms with Crippen LogP contribution in [0.3, 0.4) is 0 Å². The van der Waals surface area contributed by atoms with E-state index in [9.17, 15) is 23.3 Å². The van der Waals surface area contributed by atoms with Crippen LogP contribution in [0.2, 0.25) is 0 Å². The molecule has 1 aromatic heterocycles. The summed E-state index contributed by atoms with van der Waals surface area (Å²) in [6.45, 7) is 5.88. The van der Waals surface area contributed by atoms with Crippen LogP contribution in [0.15, 0.2) is 27.9 Å². The Morgan fingerprint density at radius 1 is 1.31 bits per heavy atom. The summed E-state index contributed by atoms with van der Waals surface area (Å²) >= 11 is 0. The van der Waals surface area contributed by atoms with E-state index in [1.807, 2.05) is 13.8 Å². The fourth-order valence-corrected chi connectivity index (χ4v) is 5.52. The van der Waals surface area contributed by atoms with E-state index in [4.69, 9.17) is 0 Å². The number of nitro groups is 1. The Labute approximate surface area is 169 Å². The maximum atomic E-state index is 13.3. The number of nitro benzene ring substituents is 1. The highest BCUT2D eigenvalue weighted by Gasteiger charge is 2.35. The Kier molecular flexibility index (Phi) is 5.63. The van der Waals surface area contributed by atoms with Crippen molar-refractivity contribution in [3.63, 3.8) is 0 Å². The highest BCUT2D eigenvalue weighted by molar-refractivity contribution is 7.89. The smallest absolute Gasteiger partial charge is 0.276 e. The summed E-state index contributed by atoms with van der Waals surface area (Å²) in [5.41, 5.74) is -0.0414. The van der Waals surface area contributed by atoms with Crippen molar-refractivity contribution in [2.75, 3.05) is 13.1 Å². The molecule has 0 radical (unpaired) electrons. The number of hydrogen-bond acceptors (Lipinski definition) is 6. The lowest BCUT2D eigenvalue weighted by Crippen LogP contribution is -2.40. The zero-order chi connectivity index (χ0) is 21.5. The van der Waals surface area contributed by atoms with Gasteiger partial charge in [-0.15, -0.1) is 0 Å². The molecule has 0 N–H and O–H groups in total. The summed E-state index contributed by atoms with van der Waals surface area (Å²) in [5.74, 6) is 0.344. The first-order valence-corrected chi connectivity index (χ1v) is 10.9. The maximum Gasteiger partial charge on any atom is 0.345 e. The number of sulfonamides is 1. The summed E-state index contributed by atoms with van der Waals surface area (Å²) in [6, 6.07) is 3.75. The van der Waals surface area contributed by atoms with Crippen LogP contribution >= 0.6 is 0 Å². The molecule has 158 valence electrons. The van der Waals surface area contributed by atoms with E-state index in [0.717, 1.165) is 6.07 Å². The molecule has 1 saturated heterocycles. The molecule has 1 atom stereocenters. The van der Waals surface area contributed by atoms with Gasteiger partial charge in [-0.1, -0.05) is 6.07 Å². The largest absolute Gasteiger partial charge is 0.345 e. The van der Waals surface area contributed by atoms with Gasteiger partial charge in [-0.3, -0.25) is 14.7 Å². The van der Waals surface area contributed by atoms with Crippen molar-refractivity contribution in [3.8, 4) is 0 Å². The van der Waals surface area contributed by atoms with Crippen LogP contribution in [-0.2, 0) is 17.1 Å². The molecule has 1 aromatic carbocycles. The van der Waals surface area contributed by atoms with Crippen LogP contribution < -0.4 is 5.69 Å². The summed E-state index contributed by atoms with van der Waals surface area (Å²) in [7, 11) is -2.34. The lowest BCUT2D eigenvalue weighted by molar-refractivity contribution is -0.385. The molecule has 1 fully saturated rings. The molecule has 0 amide bonds. The van der Waals surface area contributed by atoms with Gasteiger partial charge in [-0.2, -0.15) is 9.40 Å². The van der Waals surface area contributed by atoms with Gasteiger partial charge < -0.3 is 0 Å². The predicted molar refractivity (Wildman–Crippen MR) is 106 cm³/mol. The van der Waals surface area contributed by atoms with E-state index in [0.29, 0.717) is 30.8 Å². The van der Waals surface area contributed by atoms with E-state index in [2.05, 4.69) is 5.10 Å². The minimum Gasteiger partial charge on any atom is -0.276 e. The van der Waals surface area contributed by atoms with Gasteiger partial charge in [-0.05, 0) is 39.2 Å². The molecule has 3 rings (SSSR count). The first kappa shape index (κ1) is 21.2. The highest BCUT2D eigenvalue weighted by atomic mass is 32.2. The number of benzene rings is 1. The van der Waals surface area contributed by atoms with Gasteiger partial charge in [-0.25, -0.2) is 17.9 Å². The Balaban J connectivity index is 1.98. The SMILES string of the molecule is Cc1ccc([N+](=O)[O-])cc1S(=O)(=O)N1CCCC(c2nn(C)c(=O)n2C(C)C)C1. The standard InChI is InChI=1S/C18H25N5O5S/c1-12(2)22-17(19-20(4)18(22)24)14-6-5-9-21(11-14)29(27,28)16-10-15(23(25)26)8-7-13(16)3/h7-8,10,12,14H,5-6,9,11H2,1-4H3. The number of rotatable bonds is 5. The molecule has 0 bridgehead atoms. The molecular formula is C18H25N5O5S. The summed E-state index contributed by atoms with van der Waals surface area (Å²) in [5, 5.41) is 15.4. The van der Waals surface area contributed by atoms with E-state index in [-0.39, 0.29) is 34.8 Å². The molecule has 29 heavy (non-hydrogen) atoms. The highest BCUT2D eigenvalue weighted by Crippen LogP contribution is 2.32. The van der Waals surface area contributed by atoms with Crippen molar-refractivity contribution in [3.05, 3.63) is 50.2 Å². The van der Waals surface area contributed by atoms with Crippen LogP contribution in [0, 0.1) is 17.0 Å². The van der Waals surface area contributed by atoms with Crippen molar-refractivity contribution in [2.45, 2.75) is 50.5 Å². The van der Waals surface area contributed by atoms with Crippen molar-refractivity contribution in [2.24, 2.45) is 7.05 Å². The van der Waals surface area contributed by atoms with Gasteiger partial charge >= 0.3 is 5.69 Å². The zero-order valence-corrected chi connectivity index (χ0v) is 17.7.